The van der Waals surface area contributed by atoms with Crippen LogP contribution in [0.4, 0.5) is 4.39 Å². The average Bonchev–Trinajstić information content (AvgIpc) is 3.06. The molecule has 1 amide bonds. The van der Waals surface area contributed by atoms with Crippen LogP contribution in [-0.2, 0) is 11.3 Å². The minimum absolute atomic E-state index is 0.0289. The second kappa shape index (κ2) is 7.69. The molecule has 1 aromatic carbocycles. The van der Waals surface area contributed by atoms with Crippen molar-refractivity contribution in [1.29, 1.82) is 0 Å². The molecule has 0 radical (unpaired) electrons. The van der Waals surface area contributed by atoms with Crippen LogP contribution < -0.4 is 5.32 Å². The van der Waals surface area contributed by atoms with E-state index in [0.717, 1.165) is 32.5 Å². The number of hydrogen-bond donors (Lipinski definition) is 1. The molecule has 0 spiro atoms. The number of benzene rings is 1. The van der Waals surface area contributed by atoms with Gasteiger partial charge in [0.05, 0.1) is 0 Å². The second-order valence-electron chi connectivity index (χ2n) is 6.38. The molecule has 1 aliphatic rings. The summed E-state index contributed by atoms with van der Waals surface area (Å²) in [6.45, 7) is 6.93. The van der Waals surface area contributed by atoms with Crippen molar-refractivity contribution in [2.24, 2.45) is 0 Å². The quantitative estimate of drug-likeness (QED) is 0.885. The van der Waals surface area contributed by atoms with Crippen molar-refractivity contribution < 1.29 is 9.18 Å². The molecule has 0 unspecified atom stereocenters. The number of carbonyl (C=O) groups is 1. The molecule has 7 nitrogen and oxygen atoms in total. The first-order chi connectivity index (χ1) is 12.0. The van der Waals surface area contributed by atoms with Gasteiger partial charge < -0.3 is 10.2 Å². The van der Waals surface area contributed by atoms with Crippen LogP contribution in [-0.4, -0.2) is 56.7 Å². The fourth-order valence-corrected chi connectivity index (χ4v) is 3.00. The minimum Gasteiger partial charge on any atom is -0.352 e. The van der Waals surface area contributed by atoms with E-state index in [2.05, 4.69) is 32.6 Å². The van der Waals surface area contributed by atoms with Gasteiger partial charge in [0.25, 0.3) is 0 Å². The predicted molar refractivity (Wildman–Crippen MR) is 91.2 cm³/mol. The summed E-state index contributed by atoms with van der Waals surface area (Å²) in [5, 5.41) is 15.1. The summed E-state index contributed by atoms with van der Waals surface area (Å²) in [4.78, 5) is 15.8. The van der Waals surface area contributed by atoms with Crippen molar-refractivity contribution in [2.75, 3.05) is 19.6 Å². The molecule has 1 aromatic heterocycles. The van der Waals surface area contributed by atoms with Gasteiger partial charge in [0, 0.05) is 24.7 Å². The molecule has 0 saturated carbocycles. The lowest BCUT2D eigenvalue weighted by Crippen LogP contribution is -2.45. The van der Waals surface area contributed by atoms with E-state index in [1.54, 1.807) is 19.1 Å². The molecule has 0 aliphatic carbocycles. The first kappa shape index (κ1) is 17.5. The Morgan fingerprint density at radius 1 is 1.36 bits per heavy atom. The number of nitrogens with one attached hydrogen (secondary N) is 1. The lowest BCUT2D eigenvalue weighted by molar-refractivity contribution is -0.123. The van der Waals surface area contributed by atoms with E-state index in [4.69, 9.17) is 0 Å². The van der Waals surface area contributed by atoms with Gasteiger partial charge in [0.1, 0.15) is 12.4 Å². The molecular weight excluding hydrogens is 323 g/mol. The van der Waals surface area contributed by atoms with Crippen LogP contribution >= 0.6 is 0 Å². The number of aromatic nitrogens is 4. The molecule has 8 heteroatoms. The second-order valence-corrected chi connectivity index (χ2v) is 6.38. The number of halogens is 1. The molecule has 2 heterocycles. The van der Waals surface area contributed by atoms with Gasteiger partial charge >= 0.3 is 0 Å². The Morgan fingerprint density at radius 3 is 2.80 bits per heavy atom. The highest BCUT2D eigenvalue weighted by Gasteiger charge is 2.20. The van der Waals surface area contributed by atoms with E-state index >= 15 is 0 Å². The van der Waals surface area contributed by atoms with Crippen LogP contribution in [0.15, 0.2) is 18.2 Å². The summed E-state index contributed by atoms with van der Waals surface area (Å²) in [6.07, 6.45) is 1.93. The van der Waals surface area contributed by atoms with Crippen molar-refractivity contribution in [3.05, 3.63) is 29.6 Å². The fourth-order valence-electron chi connectivity index (χ4n) is 3.00. The zero-order chi connectivity index (χ0) is 17.8. The van der Waals surface area contributed by atoms with Gasteiger partial charge in [-0.05, 0) is 55.3 Å². The van der Waals surface area contributed by atoms with Crippen molar-refractivity contribution >= 4 is 5.91 Å². The van der Waals surface area contributed by atoms with Crippen molar-refractivity contribution in [1.82, 2.24) is 30.4 Å². The number of likely N-dealkylation sites (tertiary alicyclic amines) is 1. The van der Waals surface area contributed by atoms with E-state index in [-0.39, 0.29) is 24.3 Å². The molecule has 1 saturated heterocycles. The smallest absolute Gasteiger partial charge is 0.243 e. The largest absolute Gasteiger partial charge is 0.352 e. The minimum atomic E-state index is -0.273. The van der Waals surface area contributed by atoms with Gasteiger partial charge in [-0.15, -0.1) is 10.2 Å². The Labute approximate surface area is 146 Å². The molecule has 2 aromatic rings. The predicted octanol–water partition coefficient (Wildman–Crippen LogP) is 1.39. The Kier molecular flexibility index (Phi) is 5.37. The van der Waals surface area contributed by atoms with E-state index in [0.29, 0.717) is 17.0 Å². The Balaban J connectivity index is 1.56. The van der Waals surface area contributed by atoms with Crippen molar-refractivity contribution in [3.8, 4) is 11.4 Å². The maximum Gasteiger partial charge on any atom is 0.243 e. The molecule has 134 valence electrons. The summed E-state index contributed by atoms with van der Waals surface area (Å²) in [7, 11) is 0. The normalized spacial score (nSPS) is 16.1. The third kappa shape index (κ3) is 4.39. The van der Waals surface area contributed by atoms with Crippen LogP contribution in [0.3, 0.4) is 0 Å². The van der Waals surface area contributed by atoms with Gasteiger partial charge in [0.15, 0.2) is 0 Å². The number of amides is 1. The zero-order valence-electron chi connectivity index (χ0n) is 14.6. The molecule has 3 rings (SSSR count). The molecule has 1 fully saturated rings. The monoisotopic (exact) mass is 346 g/mol. The topological polar surface area (TPSA) is 75.9 Å². The highest BCUT2D eigenvalue weighted by Crippen LogP contribution is 2.17. The number of nitrogens with zero attached hydrogens (tertiary/aromatic N) is 5. The van der Waals surface area contributed by atoms with Gasteiger partial charge in [-0.25, -0.2) is 4.39 Å². The lowest BCUT2D eigenvalue weighted by Gasteiger charge is -2.31. The summed E-state index contributed by atoms with van der Waals surface area (Å²) in [5.74, 6) is -0.00835. The van der Waals surface area contributed by atoms with Gasteiger partial charge in [-0.1, -0.05) is 6.92 Å². The fraction of sp³-hybridized carbons (Fsp3) is 0.529. The van der Waals surface area contributed by atoms with Crippen LogP contribution in [0.5, 0.6) is 0 Å². The third-order valence-corrected chi connectivity index (χ3v) is 4.55. The highest BCUT2D eigenvalue weighted by atomic mass is 19.1. The van der Waals surface area contributed by atoms with Gasteiger partial charge in [0.2, 0.25) is 11.7 Å². The third-order valence-electron chi connectivity index (χ3n) is 4.55. The van der Waals surface area contributed by atoms with Gasteiger partial charge in [-0.3, -0.25) is 4.79 Å². The molecule has 1 N–H and O–H groups in total. The maximum absolute atomic E-state index is 13.3. The molecule has 0 atom stereocenters. The molecule has 1 aliphatic heterocycles. The molecular formula is C17H23FN6O. The van der Waals surface area contributed by atoms with E-state index < -0.39 is 0 Å². The van der Waals surface area contributed by atoms with Crippen LogP contribution in [0, 0.1) is 12.7 Å². The number of rotatable bonds is 5. The van der Waals surface area contributed by atoms with Crippen LogP contribution in [0.2, 0.25) is 0 Å². The van der Waals surface area contributed by atoms with Crippen LogP contribution in [0.25, 0.3) is 11.4 Å². The summed E-state index contributed by atoms with van der Waals surface area (Å²) < 4.78 is 13.3. The maximum atomic E-state index is 13.3. The van der Waals surface area contributed by atoms with Crippen LogP contribution in [0.1, 0.15) is 25.3 Å². The number of tetrazole rings is 1. The summed E-state index contributed by atoms with van der Waals surface area (Å²) in [6, 6.07) is 4.85. The number of hydrogen-bond acceptors (Lipinski definition) is 5. The lowest BCUT2D eigenvalue weighted by atomic mass is 10.1. The first-order valence-electron chi connectivity index (χ1n) is 8.61. The average molecular weight is 346 g/mol. The standard InChI is InChI=1S/C17H23FN6O/c1-3-23-8-6-14(7-9-23)19-16(25)11-24-21-17(20-22-24)13-4-5-15(18)12(2)10-13/h4-5,10,14H,3,6-9,11H2,1-2H3,(H,19,25). The number of carbonyl (C=O) groups excluding carboxylic acids is 1. The van der Waals surface area contributed by atoms with Crippen molar-refractivity contribution in [2.45, 2.75) is 39.3 Å². The van der Waals surface area contributed by atoms with E-state index in [9.17, 15) is 9.18 Å². The molecule has 25 heavy (non-hydrogen) atoms. The zero-order valence-corrected chi connectivity index (χ0v) is 14.6. The highest BCUT2D eigenvalue weighted by molar-refractivity contribution is 5.75. The van der Waals surface area contributed by atoms with E-state index in [1.165, 1.54) is 10.9 Å². The Morgan fingerprint density at radius 2 is 2.12 bits per heavy atom. The van der Waals surface area contributed by atoms with Gasteiger partial charge in [-0.2, -0.15) is 4.80 Å². The Bertz CT molecular complexity index is 738. The summed E-state index contributed by atoms with van der Waals surface area (Å²) >= 11 is 0. The molecule has 0 bridgehead atoms. The number of piperidine rings is 1. The Hall–Kier alpha value is -2.35. The number of aryl methyl sites for hydroxylation is 1. The first-order valence-corrected chi connectivity index (χ1v) is 8.61. The van der Waals surface area contributed by atoms with Crippen molar-refractivity contribution in [3.63, 3.8) is 0 Å². The van der Waals surface area contributed by atoms with E-state index in [1.807, 2.05) is 0 Å². The SMILES string of the molecule is CCN1CCC(NC(=O)Cn2nnc(-c3ccc(F)c(C)c3)n2)CC1. The summed E-state index contributed by atoms with van der Waals surface area (Å²) in [5.41, 5.74) is 1.20.